The lowest BCUT2D eigenvalue weighted by atomic mass is 10.1. The number of carbonyl (C=O) groups excluding carboxylic acids is 1. The summed E-state index contributed by atoms with van der Waals surface area (Å²) in [5.74, 6) is 0.0388. The van der Waals surface area contributed by atoms with Gasteiger partial charge in [-0.1, -0.05) is 6.07 Å². The first kappa shape index (κ1) is 21.0. The van der Waals surface area contributed by atoms with E-state index in [1.165, 1.54) is 11.5 Å². The zero-order chi connectivity index (χ0) is 20.7. The van der Waals surface area contributed by atoms with Crippen molar-refractivity contribution in [1.29, 1.82) is 0 Å². The molecule has 0 unspecified atom stereocenters. The van der Waals surface area contributed by atoms with E-state index in [-0.39, 0.29) is 30.9 Å². The first-order valence-electron chi connectivity index (χ1n) is 9.88. The molecule has 1 aliphatic heterocycles. The van der Waals surface area contributed by atoms with Crippen molar-refractivity contribution >= 4 is 35.1 Å². The van der Waals surface area contributed by atoms with Crippen LogP contribution in [0.3, 0.4) is 0 Å². The van der Waals surface area contributed by atoms with Crippen LogP contribution in [0.4, 0.5) is 0 Å². The molecule has 0 bridgehead atoms. The first-order valence-corrected chi connectivity index (χ1v) is 9.88. The number of rotatable bonds is 4. The summed E-state index contributed by atoms with van der Waals surface area (Å²) in [6.07, 6.45) is 7.03. The topological polar surface area (TPSA) is 108 Å². The van der Waals surface area contributed by atoms with Gasteiger partial charge in [0.1, 0.15) is 5.52 Å². The normalized spacial score (nSPS) is 16.4. The summed E-state index contributed by atoms with van der Waals surface area (Å²) < 4.78 is 9.96. The van der Waals surface area contributed by atoms with Crippen molar-refractivity contribution in [2.75, 3.05) is 13.1 Å². The highest BCUT2D eigenvalue weighted by atomic mass is 35.5. The van der Waals surface area contributed by atoms with Gasteiger partial charge in [-0.15, -0.1) is 12.4 Å². The summed E-state index contributed by atoms with van der Waals surface area (Å²) in [6.45, 7) is 2.76. The summed E-state index contributed by atoms with van der Waals surface area (Å²) in [7, 11) is 0. The molecule has 0 amide bonds. The van der Waals surface area contributed by atoms with Crippen LogP contribution in [0.2, 0.25) is 0 Å². The van der Waals surface area contributed by atoms with Gasteiger partial charge in [0.25, 0.3) is 0 Å². The quantitative estimate of drug-likeness (QED) is 0.479. The van der Waals surface area contributed by atoms with Gasteiger partial charge < -0.3 is 10.1 Å². The Balaban J connectivity index is 0.00000231. The highest BCUT2D eigenvalue weighted by Gasteiger charge is 2.25. The van der Waals surface area contributed by atoms with E-state index in [1.54, 1.807) is 21.5 Å². The molecule has 0 spiro atoms. The summed E-state index contributed by atoms with van der Waals surface area (Å²) >= 11 is 0. The lowest BCUT2D eigenvalue weighted by molar-refractivity contribution is -0.144. The van der Waals surface area contributed by atoms with Gasteiger partial charge in [0.05, 0.1) is 29.5 Å². The van der Waals surface area contributed by atoms with Crippen molar-refractivity contribution in [2.24, 2.45) is 0 Å². The van der Waals surface area contributed by atoms with Crippen LogP contribution in [0.5, 0.6) is 0 Å². The van der Waals surface area contributed by atoms with E-state index >= 15 is 0 Å². The maximum absolute atomic E-state index is 13.2. The minimum absolute atomic E-state index is 0. The van der Waals surface area contributed by atoms with E-state index in [4.69, 9.17) is 9.72 Å². The molecule has 31 heavy (non-hydrogen) atoms. The average Bonchev–Trinajstić information content (AvgIpc) is 3.31. The van der Waals surface area contributed by atoms with Crippen molar-refractivity contribution in [2.45, 2.75) is 32.5 Å². The molecule has 1 fully saturated rings. The van der Waals surface area contributed by atoms with Crippen LogP contribution >= 0.6 is 12.4 Å². The fourth-order valence-corrected chi connectivity index (χ4v) is 3.96. The summed E-state index contributed by atoms with van der Waals surface area (Å²) in [6, 6.07) is 5.74. The molecule has 4 aromatic heterocycles. The van der Waals surface area contributed by atoms with Gasteiger partial charge in [0.2, 0.25) is 0 Å². The number of piperidine rings is 1. The van der Waals surface area contributed by atoms with Gasteiger partial charge in [-0.25, -0.2) is 19.3 Å². The molecule has 11 heteroatoms. The van der Waals surface area contributed by atoms with E-state index in [9.17, 15) is 9.59 Å². The maximum Gasteiger partial charge on any atom is 0.333 e. The third kappa shape index (κ3) is 3.68. The smallest absolute Gasteiger partial charge is 0.333 e. The minimum Gasteiger partial charge on any atom is -0.444 e. The number of imidazole rings is 1. The zero-order valence-corrected chi connectivity index (χ0v) is 17.7. The van der Waals surface area contributed by atoms with Gasteiger partial charge in [-0.05, 0) is 31.5 Å². The van der Waals surface area contributed by atoms with E-state index in [1.807, 2.05) is 24.4 Å². The summed E-state index contributed by atoms with van der Waals surface area (Å²) in [5, 5.41) is 7.69. The highest BCUT2D eigenvalue weighted by Crippen LogP contribution is 2.25. The molecule has 162 valence electrons. The van der Waals surface area contributed by atoms with Crippen LogP contribution < -0.4 is 11.0 Å². The Bertz CT molecular complexity index is 1300. The lowest BCUT2D eigenvalue weighted by Gasteiger charge is -2.23. The van der Waals surface area contributed by atoms with E-state index in [0.717, 1.165) is 30.5 Å². The van der Waals surface area contributed by atoms with E-state index < -0.39 is 5.97 Å². The predicted octanol–water partition coefficient (Wildman–Crippen LogP) is 1.77. The first-order chi connectivity index (χ1) is 14.6. The van der Waals surface area contributed by atoms with E-state index in [0.29, 0.717) is 23.5 Å². The Morgan fingerprint density at radius 1 is 1.29 bits per heavy atom. The predicted molar refractivity (Wildman–Crippen MR) is 116 cm³/mol. The minimum atomic E-state index is -0.453. The number of carbonyl (C=O) groups is 1. The summed E-state index contributed by atoms with van der Waals surface area (Å²) in [5.41, 5.74) is 2.47. The third-order valence-electron chi connectivity index (χ3n) is 5.41. The molecule has 5 heterocycles. The second kappa shape index (κ2) is 8.48. The van der Waals surface area contributed by atoms with Crippen molar-refractivity contribution in [3.63, 3.8) is 0 Å². The number of hydrogen-bond donors (Lipinski definition) is 1. The van der Waals surface area contributed by atoms with Crippen molar-refractivity contribution < 1.29 is 9.53 Å². The second-order valence-electron chi connectivity index (χ2n) is 7.34. The Labute approximate surface area is 183 Å². The van der Waals surface area contributed by atoms with Crippen molar-refractivity contribution in [3.8, 4) is 11.4 Å². The molecule has 0 radical (unpaired) electrons. The number of pyridine rings is 1. The Kier molecular flexibility index (Phi) is 5.75. The molecular weight excluding hydrogens is 422 g/mol. The van der Waals surface area contributed by atoms with Crippen LogP contribution in [0.15, 0.2) is 41.6 Å². The SMILES string of the molecule is CC(=O)OCn1c(=O)n([C@H]2CCCNC2)c2nc(-c3cnn4ccccc34)ncc21.Cl. The standard InChI is InChI=1S/C20H21N7O3.ClH/c1-13(28)30-12-25-17-11-22-18(15-10-23-26-8-3-2-6-16(15)26)24-19(17)27(20(25)29)14-5-4-7-21-9-14;/h2-3,6,8,10-11,14,21H,4-5,7,9,12H2,1H3;1H/t14-;/m0./s1. The number of nitrogens with zero attached hydrogens (tertiary/aromatic N) is 6. The Morgan fingerprint density at radius 3 is 2.94 bits per heavy atom. The lowest BCUT2D eigenvalue weighted by Crippen LogP contribution is -2.37. The number of fused-ring (bicyclic) bond motifs is 2. The fourth-order valence-electron chi connectivity index (χ4n) is 3.96. The number of esters is 1. The molecule has 1 N–H and O–H groups in total. The van der Waals surface area contributed by atoms with Gasteiger partial charge in [0, 0.05) is 19.7 Å². The number of hydrogen-bond acceptors (Lipinski definition) is 7. The summed E-state index contributed by atoms with van der Waals surface area (Å²) in [4.78, 5) is 33.8. The van der Waals surface area contributed by atoms with Crippen LogP contribution in [0, 0.1) is 0 Å². The van der Waals surface area contributed by atoms with E-state index in [2.05, 4.69) is 15.4 Å². The maximum atomic E-state index is 13.2. The van der Waals surface area contributed by atoms with Gasteiger partial charge in [-0.2, -0.15) is 5.10 Å². The second-order valence-corrected chi connectivity index (χ2v) is 7.34. The highest BCUT2D eigenvalue weighted by molar-refractivity contribution is 5.85. The number of halogens is 1. The molecule has 0 aliphatic carbocycles. The molecule has 1 atom stereocenters. The molecule has 4 aromatic rings. The van der Waals surface area contributed by atoms with Crippen LogP contribution in [-0.2, 0) is 16.3 Å². The van der Waals surface area contributed by atoms with Crippen LogP contribution in [-0.4, -0.2) is 47.8 Å². The average molecular weight is 444 g/mol. The Hall–Kier alpha value is -3.24. The monoisotopic (exact) mass is 443 g/mol. The third-order valence-corrected chi connectivity index (χ3v) is 5.41. The molecule has 0 saturated carbocycles. The van der Waals surface area contributed by atoms with Crippen LogP contribution in [0.1, 0.15) is 25.8 Å². The zero-order valence-electron chi connectivity index (χ0n) is 16.9. The molecular formula is C20H22ClN7O3. The molecule has 10 nitrogen and oxygen atoms in total. The fraction of sp³-hybridized carbons (Fsp3) is 0.350. The Morgan fingerprint density at radius 2 is 2.16 bits per heavy atom. The number of aromatic nitrogens is 6. The van der Waals surface area contributed by atoms with Gasteiger partial charge in [-0.3, -0.25) is 13.9 Å². The van der Waals surface area contributed by atoms with Crippen LogP contribution in [0.25, 0.3) is 28.1 Å². The van der Waals surface area contributed by atoms with Gasteiger partial charge in [0.15, 0.2) is 18.2 Å². The molecule has 1 aliphatic rings. The molecule has 1 saturated heterocycles. The number of ether oxygens (including phenoxy) is 1. The largest absolute Gasteiger partial charge is 0.444 e. The van der Waals surface area contributed by atoms with Crippen molar-refractivity contribution in [3.05, 3.63) is 47.3 Å². The van der Waals surface area contributed by atoms with Crippen molar-refractivity contribution in [1.82, 2.24) is 34.0 Å². The van der Waals surface area contributed by atoms with Gasteiger partial charge >= 0.3 is 11.7 Å². The molecule has 0 aromatic carbocycles. The molecule has 5 rings (SSSR count). The number of nitrogens with one attached hydrogen (secondary N) is 1.